The molecule has 202 valence electrons. The standard InChI is InChI=1S/C39H25N3S/c1-21(2)22-15-16-30-32(19-22)40-28-12-6-3-9-23(28)26-20-27-24-10-4-7-13-29(24)42-37(27)39(36(26)40)41(30)31-17-18-34-35(38(31)42)25-11-5-8-14-33(25)43-34/h3-21H,1-2H3. The second-order valence-electron chi connectivity index (χ2n) is 12.4. The normalized spacial score (nSPS) is 13.5. The number of anilines is 3. The van der Waals surface area contributed by atoms with E-state index in [1.807, 2.05) is 11.3 Å². The molecule has 0 spiro atoms. The molecule has 43 heavy (non-hydrogen) atoms. The second-order valence-corrected chi connectivity index (χ2v) is 13.4. The molecule has 2 aliphatic rings. The predicted octanol–water partition coefficient (Wildman–Crippen LogP) is 11.5. The molecule has 0 atom stereocenters. The summed E-state index contributed by atoms with van der Waals surface area (Å²) in [4.78, 5) is 2.59. The van der Waals surface area contributed by atoms with Gasteiger partial charge in [0, 0.05) is 41.7 Å². The number of hydrogen-bond acceptors (Lipinski definition) is 2. The Bertz CT molecular complexity index is 2720. The molecule has 2 aliphatic heterocycles. The van der Waals surface area contributed by atoms with Gasteiger partial charge in [-0.3, -0.25) is 0 Å². The summed E-state index contributed by atoms with van der Waals surface area (Å²) in [5.41, 5.74) is 12.8. The van der Waals surface area contributed by atoms with Gasteiger partial charge in [-0.1, -0.05) is 74.5 Å². The number of benzene rings is 6. The number of rotatable bonds is 1. The fourth-order valence-electron chi connectivity index (χ4n) is 8.07. The summed E-state index contributed by atoms with van der Waals surface area (Å²) in [6.07, 6.45) is 0. The molecule has 0 fully saturated rings. The van der Waals surface area contributed by atoms with Crippen LogP contribution < -0.4 is 4.90 Å². The van der Waals surface area contributed by atoms with E-state index in [0.29, 0.717) is 5.92 Å². The Kier molecular flexibility index (Phi) is 3.91. The lowest BCUT2D eigenvalue weighted by Gasteiger charge is -2.38. The van der Waals surface area contributed by atoms with Crippen molar-refractivity contribution < 1.29 is 0 Å². The van der Waals surface area contributed by atoms with Crippen molar-refractivity contribution in [3.8, 4) is 11.4 Å². The van der Waals surface area contributed by atoms with Crippen LogP contribution in [0.2, 0.25) is 0 Å². The summed E-state index contributed by atoms with van der Waals surface area (Å²) >= 11 is 1.89. The molecular formula is C39H25N3S. The van der Waals surface area contributed by atoms with E-state index in [1.165, 1.54) is 97.8 Å². The molecule has 0 saturated carbocycles. The molecule has 0 bridgehead atoms. The lowest BCUT2D eigenvalue weighted by Crippen LogP contribution is -2.23. The first-order valence-electron chi connectivity index (χ1n) is 15.1. The summed E-state index contributed by atoms with van der Waals surface area (Å²) in [6.45, 7) is 4.58. The molecule has 0 amide bonds. The van der Waals surface area contributed by atoms with Gasteiger partial charge in [-0.2, -0.15) is 0 Å². The van der Waals surface area contributed by atoms with Crippen LogP contribution in [-0.4, -0.2) is 9.13 Å². The Hall–Kier alpha value is -5.06. The minimum atomic E-state index is 0.444. The highest BCUT2D eigenvalue weighted by molar-refractivity contribution is 7.25. The molecule has 9 aromatic rings. The minimum absolute atomic E-state index is 0.444. The van der Waals surface area contributed by atoms with Crippen LogP contribution in [0, 0.1) is 0 Å². The van der Waals surface area contributed by atoms with Crippen LogP contribution >= 0.6 is 11.3 Å². The molecule has 0 radical (unpaired) electrons. The molecule has 6 aromatic carbocycles. The van der Waals surface area contributed by atoms with Crippen molar-refractivity contribution in [2.45, 2.75) is 19.8 Å². The highest BCUT2D eigenvalue weighted by Gasteiger charge is 2.38. The molecular weight excluding hydrogens is 543 g/mol. The van der Waals surface area contributed by atoms with Gasteiger partial charge >= 0.3 is 0 Å². The molecule has 5 heterocycles. The maximum absolute atomic E-state index is 2.59. The highest BCUT2D eigenvalue weighted by atomic mass is 32.1. The molecule has 0 aliphatic carbocycles. The monoisotopic (exact) mass is 567 g/mol. The molecule has 4 heteroatoms. The Morgan fingerprint density at radius 3 is 1.93 bits per heavy atom. The second kappa shape index (κ2) is 7.47. The summed E-state index contributed by atoms with van der Waals surface area (Å²) in [6, 6.07) is 41.1. The first kappa shape index (κ1) is 22.5. The smallest absolute Gasteiger partial charge is 0.0960 e. The lowest BCUT2D eigenvalue weighted by atomic mass is 9.97. The first-order chi connectivity index (χ1) is 21.2. The Balaban J connectivity index is 1.47. The van der Waals surface area contributed by atoms with Crippen molar-refractivity contribution in [2.75, 3.05) is 4.90 Å². The fourth-order valence-corrected chi connectivity index (χ4v) is 9.18. The molecule has 11 rings (SSSR count). The van der Waals surface area contributed by atoms with Crippen LogP contribution in [0.3, 0.4) is 0 Å². The van der Waals surface area contributed by atoms with E-state index in [1.54, 1.807) is 0 Å². The fraction of sp³-hybridized carbons (Fsp3) is 0.0769. The third-order valence-electron chi connectivity index (χ3n) is 9.90. The Labute approximate surface area is 251 Å². The zero-order chi connectivity index (χ0) is 28.1. The van der Waals surface area contributed by atoms with Gasteiger partial charge in [0.25, 0.3) is 0 Å². The predicted molar refractivity (Wildman–Crippen MR) is 184 cm³/mol. The number of fused-ring (bicyclic) bond motifs is 16. The topological polar surface area (TPSA) is 13.1 Å². The van der Waals surface area contributed by atoms with Crippen LogP contribution in [0.1, 0.15) is 25.3 Å². The largest absolute Gasteiger partial charge is 0.305 e. The van der Waals surface area contributed by atoms with Gasteiger partial charge in [-0.15, -0.1) is 11.3 Å². The first-order valence-corrected chi connectivity index (χ1v) is 15.9. The highest BCUT2D eigenvalue weighted by Crippen LogP contribution is 2.59. The van der Waals surface area contributed by atoms with Gasteiger partial charge in [-0.25, -0.2) is 0 Å². The number of thiophene rings is 1. The Morgan fingerprint density at radius 1 is 0.512 bits per heavy atom. The van der Waals surface area contributed by atoms with Crippen LogP contribution in [0.15, 0.2) is 109 Å². The van der Waals surface area contributed by atoms with E-state index >= 15 is 0 Å². The number of hydrogen-bond donors (Lipinski definition) is 0. The number of nitrogens with zero attached hydrogens (tertiary/aromatic N) is 3. The van der Waals surface area contributed by atoms with Crippen LogP contribution in [-0.2, 0) is 0 Å². The van der Waals surface area contributed by atoms with Crippen molar-refractivity contribution in [3.63, 3.8) is 0 Å². The average Bonchev–Trinajstić information content (AvgIpc) is 3.70. The summed E-state index contributed by atoms with van der Waals surface area (Å²) < 4.78 is 7.79. The SMILES string of the molecule is CC(C)c1ccc2c(c1)-n1c3ccccc3c3cc4c5ccccc5n5c4c(c31)N2c1ccc2sc3ccccc3c2c1-5. The zero-order valence-electron chi connectivity index (χ0n) is 23.7. The van der Waals surface area contributed by atoms with Crippen molar-refractivity contribution in [3.05, 3.63) is 115 Å². The van der Waals surface area contributed by atoms with E-state index in [9.17, 15) is 0 Å². The maximum Gasteiger partial charge on any atom is 0.0960 e. The molecule has 0 saturated heterocycles. The molecule has 3 nitrogen and oxygen atoms in total. The third-order valence-corrected chi connectivity index (χ3v) is 11.0. The van der Waals surface area contributed by atoms with Crippen molar-refractivity contribution >= 4 is 92.2 Å². The van der Waals surface area contributed by atoms with Crippen LogP contribution in [0.5, 0.6) is 0 Å². The number of aromatic nitrogens is 2. The maximum atomic E-state index is 2.59. The summed E-state index contributed by atoms with van der Waals surface area (Å²) in [5.74, 6) is 0.444. The molecule has 3 aromatic heterocycles. The van der Waals surface area contributed by atoms with Crippen LogP contribution in [0.25, 0.3) is 75.2 Å². The van der Waals surface area contributed by atoms with Gasteiger partial charge in [0.05, 0.1) is 50.5 Å². The molecule has 0 N–H and O–H groups in total. The summed E-state index contributed by atoms with van der Waals surface area (Å²) in [7, 11) is 0. The van der Waals surface area contributed by atoms with Crippen molar-refractivity contribution in [1.82, 2.24) is 9.13 Å². The van der Waals surface area contributed by atoms with Gasteiger partial charge in [0.15, 0.2) is 0 Å². The van der Waals surface area contributed by atoms with Crippen LogP contribution in [0.4, 0.5) is 17.1 Å². The van der Waals surface area contributed by atoms with E-state index in [2.05, 4.69) is 137 Å². The van der Waals surface area contributed by atoms with E-state index in [-0.39, 0.29) is 0 Å². The summed E-state index contributed by atoms with van der Waals surface area (Å²) in [5, 5.41) is 7.92. The third kappa shape index (κ3) is 2.51. The minimum Gasteiger partial charge on any atom is -0.305 e. The van der Waals surface area contributed by atoms with Gasteiger partial charge in [-0.05, 0) is 60.0 Å². The Morgan fingerprint density at radius 2 is 1.16 bits per heavy atom. The van der Waals surface area contributed by atoms with Gasteiger partial charge in [0.1, 0.15) is 0 Å². The van der Waals surface area contributed by atoms with Gasteiger partial charge < -0.3 is 14.0 Å². The van der Waals surface area contributed by atoms with E-state index in [4.69, 9.17) is 0 Å². The van der Waals surface area contributed by atoms with Gasteiger partial charge in [0.2, 0.25) is 0 Å². The van der Waals surface area contributed by atoms with E-state index < -0.39 is 0 Å². The number of para-hydroxylation sites is 2. The van der Waals surface area contributed by atoms with E-state index in [0.717, 1.165) is 0 Å². The van der Waals surface area contributed by atoms with Crippen molar-refractivity contribution in [1.29, 1.82) is 0 Å². The van der Waals surface area contributed by atoms with Crippen molar-refractivity contribution in [2.24, 2.45) is 0 Å². The lowest BCUT2D eigenvalue weighted by molar-refractivity contribution is 0.863. The molecule has 0 unspecified atom stereocenters. The average molecular weight is 568 g/mol. The zero-order valence-corrected chi connectivity index (χ0v) is 24.5. The quantitative estimate of drug-likeness (QED) is 0.192.